The van der Waals surface area contributed by atoms with Gasteiger partial charge in [0.1, 0.15) is 0 Å². The van der Waals surface area contributed by atoms with Crippen molar-refractivity contribution in [1.29, 1.82) is 0 Å². The summed E-state index contributed by atoms with van der Waals surface area (Å²) in [5.41, 5.74) is 0.130. The zero-order chi connectivity index (χ0) is 20.0. The number of carbonyl (C=O) groups is 2. The molecule has 0 aliphatic rings. The lowest BCUT2D eigenvalue weighted by Gasteiger charge is -2.16. The van der Waals surface area contributed by atoms with E-state index in [2.05, 4.69) is 5.32 Å². The van der Waals surface area contributed by atoms with Crippen molar-refractivity contribution in [3.63, 3.8) is 0 Å². The number of benzene rings is 2. The molecule has 2 rings (SSSR count). The van der Waals surface area contributed by atoms with E-state index in [9.17, 15) is 22.8 Å². The highest BCUT2D eigenvalue weighted by molar-refractivity contribution is 7.98. The van der Waals surface area contributed by atoms with E-state index < -0.39 is 29.5 Å². The van der Waals surface area contributed by atoms with Crippen LogP contribution in [0.15, 0.2) is 53.4 Å². The number of rotatable bonds is 7. The zero-order valence-corrected chi connectivity index (χ0v) is 15.2. The van der Waals surface area contributed by atoms with Gasteiger partial charge in [0.15, 0.2) is 0 Å². The molecule has 1 amide bonds. The van der Waals surface area contributed by atoms with Crippen molar-refractivity contribution in [2.45, 2.75) is 29.8 Å². The van der Waals surface area contributed by atoms with Gasteiger partial charge in [-0.2, -0.15) is 13.2 Å². The van der Waals surface area contributed by atoms with Crippen LogP contribution in [0.1, 0.15) is 29.9 Å². The molecule has 0 saturated carbocycles. The van der Waals surface area contributed by atoms with Gasteiger partial charge < -0.3 is 10.4 Å². The van der Waals surface area contributed by atoms with Gasteiger partial charge in [-0.3, -0.25) is 9.59 Å². The molecule has 0 spiro atoms. The van der Waals surface area contributed by atoms with Crippen molar-refractivity contribution in [1.82, 2.24) is 0 Å². The summed E-state index contributed by atoms with van der Waals surface area (Å²) in [6.07, 6.45) is -3.08. The maximum atomic E-state index is 12.7. The Labute approximate surface area is 158 Å². The zero-order valence-electron chi connectivity index (χ0n) is 14.4. The average Bonchev–Trinajstić information content (AvgIpc) is 2.60. The predicted octanol–water partition coefficient (Wildman–Crippen LogP) is 5.01. The van der Waals surface area contributed by atoms with Crippen molar-refractivity contribution in [3.05, 3.63) is 59.7 Å². The van der Waals surface area contributed by atoms with Gasteiger partial charge in [-0.25, -0.2) is 0 Å². The maximum Gasteiger partial charge on any atom is 0.416 e. The van der Waals surface area contributed by atoms with Gasteiger partial charge in [0.25, 0.3) is 0 Å². The van der Waals surface area contributed by atoms with Crippen molar-refractivity contribution in [2.24, 2.45) is 0 Å². The number of carboxylic acids is 1. The topological polar surface area (TPSA) is 66.4 Å². The molecule has 8 heteroatoms. The Morgan fingerprint density at radius 1 is 1.11 bits per heavy atom. The van der Waals surface area contributed by atoms with E-state index in [-0.39, 0.29) is 12.8 Å². The molecule has 0 unspecified atom stereocenters. The fourth-order valence-electron chi connectivity index (χ4n) is 2.60. The smallest absolute Gasteiger partial charge is 0.416 e. The van der Waals surface area contributed by atoms with Crippen LogP contribution in [0.2, 0.25) is 0 Å². The molecule has 1 atom stereocenters. The minimum absolute atomic E-state index is 0.152. The molecule has 0 radical (unpaired) electrons. The third-order valence-corrected chi connectivity index (χ3v) is 4.64. The Morgan fingerprint density at radius 2 is 1.78 bits per heavy atom. The largest absolute Gasteiger partial charge is 0.481 e. The first-order valence-electron chi connectivity index (χ1n) is 8.02. The van der Waals surface area contributed by atoms with E-state index in [1.165, 1.54) is 23.9 Å². The average molecular weight is 397 g/mol. The van der Waals surface area contributed by atoms with Gasteiger partial charge in [-0.1, -0.05) is 18.2 Å². The van der Waals surface area contributed by atoms with Gasteiger partial charge in [0.2, 0.25) is 5.91 Å². The summed E-state index contributed by atoms with van der Waals surface area (Å²) in [6, 6.07) is 11.4. The number of carbonyl (C=O) groups excluding carboxylic acids is 1. The highest BCUT2D eigenvalue weighted by atomic mass is 32.2. The van der Waals surface area contributed by atoms with Gasteiger partial charge in [0, 0.05) is 22.9 Å². The summed E-state index contributed by atoms with van der Waals surface area (Å²) in [7, 11) is 0. The fourth-order valence-corrected chi connectivity index (χ4v) is 3.06. The molecule has 0 aliphatic carbocycles. The van der Waals surface area contributed by atoms with E-state index in [0.717, 1.165) is 17.0 Å². The molecular formula is C19H18F3NO3S. The molecule has 4 nitrogen and oxygen atoms in total. The Bertz CT molecular complexity index is 807. The number of halogens is 3. The van der Waals surface area contributed by atoms with Crippen LogP contribution in [0.3, 0.4) is 0 Å². The second-order valence-corrected chi connectivity index (χ2v) is 6.78. The molecule has 27 heavy (non-hydrogen) atoms. The Hall–Kier alpha value is -2.48. The second kappa shape index (κ2) is 8.94. The molecular weight excluding hydrogens is 379 g/mol. The lowest BCUT2D eigenvalue weighted by Crippen LogP contribution is -2.18. The molecule has 144 valence electrons. The number of nitrogens with one attached hydrogen (secondary N) is 1. The minimum Gasteiger partial charge on any atom is -0.481 e. The van der Waals surface area contributed by atoms with Gasteiger partial charge in [0.05, 0.1) is 12.0 Å². The normalized spacial score (nSPS) is 12.4. The fraction of sp³-hybridized carbons (Fsp3) is 0.263. The molecule has 2 aromatic carbocycles. The SMILES string of the molecule is CSc1cccc(NC(=O)C[C@@H](CC(=O)O)c2ccc(C(F)(F)F)cc2)c1. The highest BCUT2D eigenvalue weighted by Gasteiger charge is 2.30. The Kier molecular flexibility index (Phi) is 6.90. The number of thioether (sulfide) groups is 1. The van der Waals surface area contributed by atoms with E-state index in [1.54, 1.807) is 18.2 Å². The number of carboxylic acid groups (broad SMARTS) is 1. The lowest BCUT2D eigenvalue weighted by molar-refractivity contribution is -0.138. The van der Waals surface area contributed by atoms with Gasteiger partial charge in [-0.15, -0.1) is 11.8 Å². The van der Waals surface area contributed by atoms with E-state index in [4.69, 9.17) is 5.11 Å². The van der Waals surface area contributed by atoms with Crippen molar-refractivity contribution >= 4 is 29.3 Å². The van der Waals surface area contributed by atoms with Crippen LogP contribution >= 0.6 is 11.8 Å². The first-order valence-corrected chi connectivity index (χ1v) is 9.24. The molecule has 0 aliphatic heterocycles. The van der Waals surface area contributed by atoms with Crippen LogP contribution in [0.5, 0.6) is 0 Å². The highest BCUT2D eigenvalue weighted by Crippen LogP contribution is 2.32. The van der Waals surface area contributed by atoms with Gasteiger partial charge in [-0.05, 0) is 42.2 Å². The molecule has 0 bridgehead atoms. The number of aliphatic carboxylic acids is 1. The number of amides is 1. The van der Waals surface area contributed by atoms with Crippen LogP contribution in [-0.2, 0) is 15.8 Å². The van der Waals surface area contributed by atoms with Crippen LogP contribution in [0.4, 0.5) is 18.9 Å². The van der Waals surface area contributed by atoms with E-state index in [1.807, 2.05) is 12.3 Å². The third kappa shape index (κ3) is 6.32. The van der Waals surface area contributed by atoms with Crippen LogP contribution in [0, 0.1) is 0 Å². The lowest BCUT2D eigenvalue weighted by atomic mass is 9.91. The van der Waals surface area contributed by atoms with Gasteiger partial charge >= 0.3 is 12.1 Å². The molecule has 0 heterocycles. The Balaban J connectivity index is 2.13. The first-order chi connectivity index (χ1) is 12.7. The summed E-state index contributed by atoms with van der Waals surface area (Å²) in [4.78, 5) is 24.4. The Morgan fingerprint density at radius 3 is 2.33 bits per heavy atom. The monoisotopic (exact) mass is 397 g/mol. The standard InChI is InChI=1S/C19H18F3NO3S/c1-27-16-4-2-3-15(11-16)23-17(24)9-13(10-18(25)26)12-5-7-14(8-6-12)19(20,21)22/h2-8,11,13H,9-10H2,1H3,(H,23,24)(H,25,26)/t13-/m0/s1. The van der Waals surface area contributed by atoms with Crippen molar-refractivity contribution in [2.75, 3.05) is 11.6 Å². The summed E-state index contributed by atoms with van der Waals surface area (Å²) in [6.45, 7) is 0. The summed E-state index contributed by atoms with van der Waals surface area (Å²) in [5, 5.41) is 11.8. The molecule has 2 aromatic rings. The van der Waals surface area contributed by atoms with Crippen LogP contribution in [0.25, 0.3) is 0 Å². The summed E-state index contributed by atoms with van der Waals surface area (Å²) >= 11 is 1.51. The number of alkyl halides is 3. The van der Waals surface area contributed by atoms with Crippen molar-refractivity contribution < 1.29 is 27.9 Å². The maximum absolute atomic E-state index is 12.7. The van der Waals surface area contributed by atoms with E-state index >= 15 is 0 Å². The predicted molar refractivity (Wildman–Crippen MR) is 97.9 cm³/mol. The van der Waals surface area contributed by atoms with Crippen LogP contribution < -0.4 is 5.32 Å². The summed E-state index contributed by atoms with van der Waals surface area (Å²) < 4.78 is 38.1. The van der Waals surface area contributed by atoms with Crippen molar-refractivity contribution in [3.8, 4) is 0 Å². The minimum atomic E-state index is -4.47. The molecule has 2 N–H and O–H groups in total. The molecule has 0 fully saturated rings. The molecule has 0 saturated heterocycles. The quantitative estimate of drug-likeness (QED) is 0.644. The number of anilines is 1. The molecule has 0 aromatic heterocycles. The van der Waals surface area contributed by atoms with Crippen LogP contribution in [-0.4, -0.2) is 23.2 Å². The first kappa shape index (κ1) is 20.8. The van der Waals surface area contributed by atoms with E-state index in [0.29, 0.717) is 11.3 Å². The second-order valence-electron chi connectivity index (χ2n) is 5.90. The number of hydrogen-bond donors (Lipinski definition) is 2. The third-order valence-electron chi connectivity index (χ3n) is 3.92. The summed E-state index contributed by atoms with van der Waals surface area (Å²) in [5.74, 6) is -2.26. The number of hydrogen-bond acceptors (Lipinski definition) is 3.